The number of thioether (sulfide) groups is 1. The third kappa shape index (κ3) is 4.23. The highest BCUT2D eigenvalue weighted by atomic mass is 79.9. The largest absolute Gasteiger partial charge is 0.409 e. The molecule has 0 saturated carbocycles. The van der Waals surface area contributed by atoms with Crippen molar-refractivity contribution in [3.8, 4) is 0 Å². The molecule has 0 heterocycles. The topological polar surface area (TPSA) is 87.7 Å². The normalized spacial score (nSPS) is 11.3. The molecule has 0 aliphatic rings. The standard InChI is InChI=1S/C11H14BrN3O2S/c1-2-14-10(16)6-18-7-3-4-8(9(12)5-7)11(13)15-17/h3-5,17H,2,6H2,1H3,(H2,13,15)(H,14,16). The van der Waals surface area contributed by atoms with Crippen LogP contribution in [0.25, 0.3) is 0 Å². The van der Waals surface area contributed by atoms with Crippen molar-refractivity contribution >= 4 is 39.4 Å². The minimum absolute atomic E-state index is 0.000802. The van der Waals surface area contributed by atoms with E-state index < -0.39 is 0 Å². The second kappa shape index (κ2) is 7.27. The summed E-state index contributed by atoms with van der Waals surface area (Å²) in [6.07, 6.45) is 0. The number of amidine groups is 1. The Morgan fingerprint density at radius 2 is 2.33 bits per heavy atom. The number of halogens is 1. The number of carbonyl (C=O) groups is 1. The van der Waals surface area contributed by atoms with E-state index >= 15 is 0 Å². The van der Waals surface area contributed by atoms with Gasteiger partial charge in [-0.2, -0.15) is 0 Å². The summed E-state index contributed by atoms with van der Waals surface area (Å²) >= 11 is 4.77. The van der Waals surface area contributed by atoms with E-state index in [1.807, 2.05) is 19.1 Å². The van der Waals surface area contributed by atoms with Crippen LogP contribution in [0.15, 0.2) is 32.7 Å². The molecule has 0 aromatic heterocycles. The fraction of sp³-hybridized carbons (Fsp3) is 0.273. The second-order valence-electron chi connectivity index (χ2n) is 3.37. The van der Waals surface area contributed by atoms with Crippen LogP contribution in [0, 0.1) is 0 Å². The molecule has 0 spiro atoms. The number of benzene rings is 1. The zero-order valence-electron chi connectivity index (χ0n) is 9.81. The van der Waals surface area contributed by atoms with E-state index in [0.29, 0.717) is 17.9 Å². The van der Waals surface area contributed by atoms with Gasteiger partial charge in [-0.25, -0.2) is 0 Å². The molecule has 98 valence electrons. The number of hydrogen-bond donors (Lipinski definition) is 3. The van der Waals surface area contributed by atoms with Crippen molar-refractivity contribution in [2.45, 2.75) is 11.8 Å². The molecule has 0 radical (unpaired) electrons. The second-order valence-corrected chi connectivity index (χ2v) is 5.27. The summed E-state index contributed by atoms with van der Waals surface area (Å²) in [5.41, 5.74) is 6.12. The molecule has 1 amide bonds. The molecule has 18 heavy (non-hydrogen) atoms. The first-order chi connectivity index (χ1) is 8.58. The Morgan fingerprint density at radius 3 is 2.89 bits per heavy atom. The lowest BCUT2D eigenvalue weighted by Gasteiger charge is -2.06. The Hall–Kier alpha value is -1.21. The highest BCUT2D eigenvalue weighted by Gasteiger charge is 2.07. The number of oxime groups is 1. The van der Waals surface area contributed by atoms with Gasteiger partial charge in [0.05, 0.1) is 5.75 Å². The summed E-state index contributed by atoms with van der Waals surface area (Å²) < 4.78 is 0.721. The Labute approximate surface area is 118 Å². The number of hydrogen-bond acceptors (Lipinski definition) is 4. The van der Waals surface area contributed by atoms with Crippen LogP contribution in [0.3, 0.4) is 0 Å². The summed E-state index contributed by atoms with van der Waals surface area (Å²) in [5.74, 6) is 0.407. The molecule has 0 unspecified atom stereocenters. The summed E-state index contributed by atoms with van der Waals surface area (Å²) in [7, 11) is 0. The Kier molecular flexibility index (Phi) is 6.00. The summed E-state index contributed by atoms with van der Waals surface area (Å²) in [6, 6.07) is 5.39. The molecule has 5 nitrogen and oxygen atoms in total. The van der Waals surface area contributed by atoms with Gasteiger partial charge in [0.1, 0.15) is 0 Å². The van der Waals surface area contributed by atoms with Gasteiger partial charge in [0.2, 0.25) is 5.91 Å². The van der Waals surface area contributed by atoms with Gasteiger partial charge in [-0.15, -0.1) is 11.8 Å². The minimum Gasteiger partial charge on any atom is -0.409 e. The SMILES string of the molecule is CCNC(=O)CSc1ccc(/C(N)=N/O)c(Br)c1. The molecule has 1 rings (SSSR count). The molecule has 1 aromatic carbocycles. The molecule has 0 aliphatic carbocycles. The smallest absolute Gasteiger partial charge is 0.230 e. The lowest BCUT2D eigenvalue weighted by Crippen LogP contribution is -2.24. The molecule has 0 aliphatic heterocycles. The first-order valence-electron chi connectivity index (χ1n) is 5.25. The van der Waals surface area contributed by atoms with Crippen molar-refractivity contribution in [1.82, 2.24) is 5.32 Å². The number of carbonyl (C=O) groups excluding carboxylic acids is 1. The molecule has 0 bridgehead atoms. The number of nitrogens with two attached hydrogens (primary N) is 1. The lowest BCUT2D eigenvalue weighted by atomic mass is 10.2. The first kappa shape index (κ1) is 14.8. The van der Waals surface area contributed by atoms with Gasteiger partial charge in [0, 0.05) is 21.5 Å². The maximum Gasteiger partial charge on any atom is 0.230 e. The monoisotopic (exact) mass is 331 g/mol. The van der Waals surface area contributed by atoms with Crippen LogP contribution in [0.1, 0.15) is 12.5 Å². The average Bonchev–Trinajstić information content (AvgIpc) is 2.36. The van der Waals surface area contributed by atoms with E-state index in [4.69, 9.17) is 10.9 Å². The maximum absolute atomic E-state index is 11.3. The Balaban J connectivity index is 2.70. The van der Waals surface area contributed by atoms with E-state index in [0.717, 1.165) is 9.37 Å². The fourth-order valence-corrected chi connectivity index (χ4v) is 2.74. The third-order valence-corrected chi connectivity index (χ3v) is 3.72. The highest BCUT2D eigenvalue weighted by Crippen LogP contribution is 2.25. The number of nitrogens with one attached hydrogen (secondary N) is 1. The van der Waals surface area contributed by atoms with Gasteiger partial charge in [-0.3, -0.25) is 4.79 Å². The van der Waals surface area contributed by atoms with Gasteiger partial charge in [0.15, 0.2) is 5.84 Å². The summed E-state index contributed by atoms with van der Waals surface area (Å²) in [4.78, 5) is 12.2. The Morgan fingerprint density at radius 1 is 1.61 bits per heavy atom. The van der Waals surface area contributed by atoms with E-state index in [2.05, 4.69) is 26.4 Å². The highest BCUT2D eigenvalue weighted by molar-refractivity contribution is 9.10. The van der Waals surface area contributed by atoms with Crippen molar-refractivity contribution < 1.29 is 10.0 Å². The first-order valence-corrected chi connectivity index (χ1v) is 7.03. The van der Waals surface area contributed by atoms with Gasteiger partial charge in [0.25, 0.3) is 0 Å². The number of nitrogens with zero attached hydrogens (tertiary/aromatic N) is 1. The predicted octanol–water partition coefficient (Wildman–Crippen LogP) is 1.77. The molecule has 7 heteroatoms. The van der Waals surface area contributed by atoms with Crippen molar-refractivity contribution in [2.24, 2.45) is 10.9 Å². The number of rotatable bonds is 5. The van der Waals surface area contributed by atoms with Crippen LogP contribution in [-0.4, -0.2) is 29.2 Å². The quantitative estimate of drug-likeness (QED) is 0.252. The van der Waals surface area contributed by atoms with Gasteiger partial charge < -0.3 is 16.3 Å². The third-order valence-electron chi connectivity index (χ3n) is 2.07. The van der Waals surface area contributed by atoms with Crippen molar-refractivity contribution in [3.63, 3.8) is 0 Å². The molecular weight excluding hydrogens is 318 g/mol. The van der Waals surface area contributed by atoms with Crippen LogP contribution in [0.2, 0.25) is 0 Å². The van der Waals surface area contributed by atoms with Crippen LogP contribution in [0.4, 0.5) is 0 Å². The number of amides is 1. The van der Waals surface area contributed by atoms with Crippen molar-refractivity contribution in [2.75, 3.05) is 12.3 Å². The molecule has 0 fully saturated rings. The zero-order chi connectivity index (χ0) is 13.5. The van der Waals surface area contributed by atoms with E-state index in [1.165, 1.54) is 11.8 Å². The molecular formula is C11H14BrN3O2S. The summed E-state index contributed by atoms with van der Waals surface area (Å²) in [5, 5.41) is 14.3. The average molecular weight is 332 g/mol. The molecule has 0 atom stereocenters. The lowest BCUT2D eigenvalue weighted by molar-refractivity contribution is -0.118. The van der Waals surface area contributed by atoms with Crippen LogP contribution < -0.4 is 11.1 Å². The van der Waals surface area contributed by atoms with Gasteiger partial charge in [-0.05, 0) is 41.1 Å². The fourth-order valence-electron chi connectivity index (χ4n) is 1.24. The van der Waals surface area contributed by atoms with Crippen LogP contribution in [0.5, 0.6) is 0 Å². The molecule has 4 N–H and O–H groups in total. The van der Waals surface area contributed by atoms with Gasteiger partial charge >= 0.3 is 0 Å². The van der Waals surface area contributed by atoms with Crippen molar-refractivity contribution in [3.05, 3.63) is 28.2 Å². The van der Waals surface area contributed by atoms with E-state index in [9.17, 15) is 4.79 Å². The van der Waals surface area contributed by atoms with E-state index in [-0.39, 0.29) is 11.7 Å². The van der Waals surface area contributed by atoms with Gasteiger partial charge in [-0.1, -0.05) is 5.16 Å². The van der Waals surface area contributed by atoms with Crippen LogP contribution >= 0.6 is 27.7 Å². The minimum atomic E-state index is -0.000802. The zero-order valence-corrected chi connectivity index (χ0v) is 12.2. The van der Waals surface area contributed by atoms with Crippen molar-refractivity contribution in [1.29, 1.82) is 0 Å². The summed E-state index contributed by atoms with van der Waals surface area (Å²) in [6.45, 7) is 2.51. The predicted molar refractivity (Wildman–Crippen MR) is 76.1 cm³/mol. The van der Waals surface area contributed by atoms with E-state index in [1.54, 1.807) is 6.07 Å². The Bertz CT molecular complexity index is 466. The van der Waals surface area contributed by atoms with Crippen LogP contribution in [-0.2, 0) is 4.79 Å². The maximum atomic E-state index is 11.3. The molecule has 0 saturated heterocycles. The molecule has 1 aromatic rings.